The van der Waals surface area contributed by atoms with Crippen molar-refractivity contribution < 1.29 is 14.3 Å². The Kier molecular flexibility index (Phi) is 5.77. The van der Waals surface area contributed by atoms with Gasteiger partial charge in [-0.05, 0) is 62.8 Å². The van der Waals surface area contributed by atoms with Crippen LogP contribution in [-0.2, 0) is 22.4 Å². The van der Waals surface area contributed by atoms with Gasteiger partial charge in [-0.2, -0.15) is 0 Å². The minimum atomic E-state index is -0.401. The highest BCUT2D eigenvalue weighted by Crippen LogP contribution is 2.32. The molecule has 4 nitrogen and oxygen atoms in total. The maximum absolute atomic E-state index is 12.6. The van der Waals surface area contributed by atoms with Crippen LogP contribution < -0.4 is 4.90 Å². The Morgan fingerprint density at radius 2 is 2.00 bits per heavy atom. The Bertz CT molecular complexity index is 782. The summed E-state index contributed by atoms with van der Waals surface area (Å²) in [6.45, 7) is 5.88. The Balaban J connectivity index is 1.64. The number of hydrogen-bond acceptors (Lipinski definition) is 4. The third-order valence-electron chi connectivity index (χ3n) is 4.68. The monoisotopic (exact) mass is 371 g/mol. The minimum Gasteiger partial charge on any atom is -0.451 e. The standard InChI is InChI=1S/C21H25NO3S/c1-14(2)22(17-7-5-4-6-8-17)20(23)13-25-21(24)19-12-16-11-15(3)9-10-18(16)26-19/h4-8,12,14-15H,9-11,13H2,1-3H3. The van der Waals surface area contributed by atoms with Crippen LogP contribution >= 0.6 is 11.3 Å². The molecule has 1 aromatic carbocycles. The van der Waals surface area contributed by atoms with Crippen molar-refractivity contribution in [1.29, 1.82) is 0 Å². The third-order valence-corrected chi connectivity index (χ3v) is 5.89. The van der Waals surface area contributed by atoms with Gasteiger partial charge < -0.3 is 9.64 Å². The minimum absolute atomic E-state index is 0.0147. The quantitative estimate of drug-likeness (QED) is 0.729. The Labute approximate surface area is 158 Å². The smallest absolute Gasteiger partial charge is 0.348 e. The zero-order valence-electron chi connectivity index (χ0n) is 15.5. The van der Waals surface area contributed by atoms with E-state index in [4.69, 9.17) is 4.74 Å². The maximum Gasteiger partial charge on any atom is 0.348 e. The normalized spacial score (nSPS) is 16.2. The second-order valence-electron chi connectivity index (χ2n) is 7.18. The molecule has 26 heavy (non-hydrogen) atoms. The van der Waals surface area contributed by atoms with Crippen molar-refractivity contribution in [2.75, 3.05) is 11.5 Å². The van der Waals surface area contributed by atoms with Crippen molar-refractivity contribution in [2.45, 2.75) is 46.1 Å². The first-order valence-electron chi connectivity index (χ1n) is 9.11. The number of carbonyl (C=O) groups is 2. The van der Waals surface area contributed by atoms with Crippen molar-refractivity contribution in [1.82, 2.24) is 0 Å². The van der Waals surface area contributed by atoms with Crippen molar-refractivity contribution in [3.63, 3.8) is 0 Å². The van der Waals surface area contributed by atoms with Crippen LogP contribution in [0, 0.1) is 5.92 Å². The highest BCUT2D eigenvalue weighted by atomic mass is 32.1. The molecule has 1 aliphatic rings. The number of hydrogen-bond donors (Lipinski definition) is 0. The number of para-hydroxylation sites is 1. The summed E-state index contributed by atoms with van der Waals surface area (Å²) in [7, 11) is 0. The topological polar surface area (TPSA) is 46.6 Å². The molecule has 5 heteroatoms. The van der Waals surface area contributed by atoms with Crippen LogP contribution in [0.1, 0.15) is 47.3 Å². The highest BCUT2D eigenvalue weighted by Gasteiger charge is 2.24. The lowest BCUT2D eigenvalue weighted by Crippen LogP contribution is -2.39. The van der Waals surface area contributed by atoms with Crippen LogP contribution in [0.4, 0.5) is 5.69 Å². The third kappa shape index (κ3) is 4.15. The van der Waals surface area contributed by atoms with E-state index in [0.29, 0.717) is 10.8 Å². The zero-order valence-corrected chi connectivity index (χ0v) is 16.3. The number of thiophene rings is 1. The Morgan fingerprint density at radius 3 is 2.69 bits per heavy atom. The van der Waals surface area contributed by atoms with Crippen LogP contribution in [0.3, 0.4) is 0 Å². The largest absolute Gasteiger partial charge is 0.451 e. The van der Waals surface area contributed by atoms with Gasteiger partial charge in [-0.1, -0.05) is 25.1 Å². The number of fused-ring (bicyclic) bond motifs is 1. The molecule has 0 fully saturated rings. The van der Waals surface area contributed by atoms with Crippen molar-refractivity contribution >= 4 is 28.9 Å². The number of ether oxygens (including phenoxy) is 1. The Hall–Kier alpha value is -2.14. The molecular weight excluding hydrogens is 346 g/mol. The predicted molar refractivity (Wildman–Crippen MR) is 105 cm³/mol. The highest BCUT2D eigenvalue weighted by molar-refractivity contribution is 7.14. The molecule has 1 aliphatic carbocycles. The fourth-order valence-electron chi connectivity index (χ4n) is 3.39. The van der Waals surface area contributed by atoms with Gasteiger partial charge in [-0.3, -0.25) is 4.79 Å². The van der Waals surface area contributed by atoms with Gasteiger partial charge in [-0.25, -0.2) is 4.79 Å². The van der Waals surface area contributed by atoms with Crippen LogP contribution in [0.25, 0.3) is 0 Å². The van der Waals surface area contributed by atoms with Crippen LogP contribution in [0.15, 0.2) is 36.4 Å². The summed E-state index contributed by atoms with van der Waals surface area (Å²) in [6, 6.07) is 11.4. The average molecular weight is 372 g/mol. The summed E-state index contributed by atoms with van der Waals surface area (Å²) in [5, 5.41) is 0. The molecular formula is C21H25NO3S. The van der Waals surface area contributed by atoms with Gasteiger partial charge in [0.15, 0.2) is 6.61 Å². The van der Waals surface area contributed by atoms with E-state index in [1.807, 2.05) is 50.2 Å². The lowest BCUT2D eigenvalue weighted by atomic mass is 9.90. The molecule has 2 aromatic rings. The SMILES string of the molecule is CC1CCc2sc(C(=O)OCC(=O)N(c3ccccc3)C(C)C)cc2C1. The van der Waals surface area contributed by atoms with Gasteiger partial charge in [0.2, 0.25) is 0 Å². The summed E-state index contributed by atoms with van der Waals surface area (Å²) in [5.41, 5.74) is 2.07. The van der Waals surface area contributed by atoms with Gasteiger partial charge in [0.25, 0.3) is 5.91 Å². The van der Waals surface area contributed by atoms with E-state index in [1.165, 1.54) is 28.2 Å². The van der Waals surface area contributed by atoms with E-state index in [2.05, 4.69) is 6.92 Å². The fourth-order valence-corrected chi connectivity index (χ4v) is 4.50. The van der Waals surface area contributed by atoms with Crippen LogP contribution in [0.5, 0.6) is 0 Å². The number of rotatable bonds is 5. The molecule has 1 aromatic heterocycles. The Morgan fingerprint density at radius 1 is 1.27 bits per heavy atom. The summed E-state index contributed by atoms with van der Waals surface area (Å²) in [4.78, 5) is 28.6. The van der Waals surface area contributed by atoms with Gasteiger partial charge in [0, 0.05) is 16.6 Å². The van der Waals surface area contributed by atoms with E-state index in [-0.39, 0.29) is 18.6 Å². The molecule has 1 heterocycles. The lowest BCUT2D eigenvalue weighted by molar-refractivity contribution is -0.122. The van der Waals surface area contributed by atoms with Crippen molar-refractivity contribution in [3.8, 4) is 0 Å². The lowest BCUT2D eigenvalue weighted by Gasteiger charge is -2.26. The van der Waals surface area contributed by atoms with E-state index < -0.39 is 5.97 Å². The number of amides is 1. The number of esters is 1. The van der Waals surface area contributed by atoms with E-state index >= 15 is 0 Å². The average Bonchev–Trinajstić information content (AvgIpc) is 3.03. The molecule has 0 aliphatic heterocycles. The first-order valence-corrected chi connectivity index (χ1v) is 9.93. The first-order chi connectivity index (χ1) is 12.5. The van der Waals surface area contributed by atoms with E-state index in [9.17, 15) is 9.59 Å². The molecule has 0 bridgehead atoms. The summed E-state index contributed by atoms with van der Waals surface area (Å²) in [6.07, 6.45) is 3.22. The molecule has 1 atom stereocenters. The molecule has 1 amide bonds. The van der Waals surface area contributed by atoms with E-state index in [0.717, 1.165) is 18.5 Å². The molecule has 3 rings (SSSR count). The van der Waals surface area contributed by atoms with Gasteiger partial charge in [-0.15, -0.1) is 11.3 Å². The molecule has 0 saturated carbocycles. The van der Waals surface area contributed by atoms with Crippen LogP contribution in [-0.4, -0.2) is 24.5 Å². The molecule has 0 N–H and O–H groups in total. The number of carbonyl (C=O) groups excluding carboxylic acids is 2. The molecule has 0 radical (unpaired) electrons. The number of aryl methyl sites for hydroxylation is 1. The first kappa shape index (κ1) is 18.6. The summed E-state index contributed by atoms with van der Waals surface area (Å²) >= 11 is 1.51. The summed E-state index contributed by atoms with van der Waals surface area (Å²) in [5.74, 6) is 0.0460. The molecule has 138 valence electrons. The fraction of sp³-hybridized carbons (Fsp3) is 0.429. The number of benzene rings is 1. The van der Waals surface area contributed by atoms with Crippen molar-refractivity contribution in [3.05, 3.63) is 51.7 Å². The second-order valence-corrected chi connectivity index (χ2v) is 8.31. The predicted octanol–water partition coefficient (Wildman–Crippen LogP) is 4.47. The van der Waals surface area contributed by atoms with E-state index in [1.54, 1.807) is 4.90 Å². The van der Waals surface area contributed by atoms with Gasteiger partial charge in [0.1, 0.15) is 4.88 Å². The number of nitrogens with zero attached hydrogens (tertiary/aromatic N) is 1. The van der Waals surface area contributed by atoms with Crippen LogP contribution in [0.2, 0.25) is 0 Å². The molecule has 0 spiro atoms. The summed E-state index contributed by atoms with van der Waals surface area (Å²) < 4.78 is 5.33. The number of anilines is 1. The second kappa shape index (κ2) is 8.04. The van der Waals surface area contributed by atoms with Gasteiger partial charge in [0.05, 0.1) is 0 Å². The zero-order chi connectivity index (χ0) is 18.7. The van der Waals surface area contributed by atoms with Crippen molar-refractivity contribution in [2.24, 2.45) is 5.92 Å². The van der Waals surface area contributed by atoms with Gasteiger partial charge >= 0.3 is 5.97 Å². The maximum atomic E-state index is 12.6. The molecule has 1 unspecified atom stereocenters. The molecule has 0 saturated heterocycles.